The molecule has 0 bridgehead atoms. The number of rotatable bonds is 8. The SMILES string of the molecule is COc1ccc([C@H](CNC(=O)[C@@H](C)Oc2ccc(F)cc2)N2CCCC2)cc1. The van der Waals surface area contributed by atoms with Gasteiger partial charge in [0, 0.05) is 6.54 Å². The van der Waals surface area contributed by atoms with Crippen LogP contribution in [0, 0.1) is 5.82 Å². The van der Waals surface area contributed by atoms with Crippen LogP contribution in [0.15, 0.2) is 48.5 Å². The molecule has 0 aliphatic carbocycles. The van der Waals surface area contributed by atoms with E-state index >= 15 is 0 Å². The number of nitrogens with one attached hydrogen (secondary N) is 1. The Bertz CT molecular complexity index is 758. The summed E-state index contributed by atoms with van der Waals surface area (Å²) < 4.78 is 23.9. The molecule has 150 valence electrons. The van der Waals surface area contributed by atoms with E-state index in [4.69, 9.17) is 9.47 Å². The number of carbonyl (C=O) groups excluding carboxylic acids is 1. The Morgan fingerprint density at radius 1 is 1.07 bits per heavy atom. The van der Waals surface area contributed by atoms with Crippen molar-refractivity contribution < 1.29 is 18.7 Å². The first-order chi connectivity index (χ1) is 13.6. The average Bonchev–Trinajstić information content (AvgIpc) is 3.24. The molecule has 2 aromatic carbocycles. The molecule has 1 saturated heterocycles. The monoisotopic (exact) mass is 386 g/mol. The Morgan fingerprint density at radius 2 is 1.68 bits per heavy atom. The number of methoxy groups -OCH3 is 1. The molecule has 0 radical (unpaired) electrons. The van der Waals surface area contributed by atoms with Gasteiger partial charge in [-0.05, 0) is 74.8 Å². The molecule has 1 amide bonds. The Labute approximate surface area is 165 Å². The van der Waals surface area contributed by atoms with Crippen LogP contribution in [0.2, 0.25) is 0 Å². The number of amides is 1. The van der Waals surface area contributed by atoms with Crippen LogP contribution in [0.4, 0.5) is 4.39 Å². The van der Waals surface area contributed by atoms with Crippen LogP contribution in [0.25, 0.3) is 0 Å². The number of halogens is 1. The van der Waals surface area contributed by atoms with Gasteiger partial charge < -0.3 is 14.8 Å². The number of nitrogens with zero attached hydrogens (tertiary/aromatic N) is 1. The predicted octanol–water partition coefficient (Wildman–Crippen LogP) is 3.55. The Balaban J connectivity index is 1.61. The van der Waals surface area contributed by atoms with E-state index in [9.17, 15) is 9.18 Å². The summed E-state index contributed by atoms with van der Waals surface area (Å²) in [6, 6.07) is 13.8. The number of benzene rings is 2. The minimum atomic E-state index is -0.666. The van der Waals surface area contributed by atoms with Gasteiger partial charge in [-0.1, -0.05) is 12.1 Å². The van der Waals surface area contributed by atoms with Crippen molar-refractivity contribution in [1.29, 1.82) is 0 Å². The number of hydrogen-bond acceptors (Lipinski definition) is 4. The molecule has 2 atom stereocenters. The lowest BCUT2D eigenvalue weighted by Crippen LogP contribution is -2.42. The van der Waals surface area contributed by atoms with Gasteiger partial charge in [0.1, 0.15) is 17.3 Å². The van der Waals surface area contributed by atoms with E-state index in [0.717, 1.165) is 24.4 Å². The number of ether oxygens (including phenoxy) is 2. The Morgan fingerprint density at radius 3 is 2.29 bits per heavy atom. The fourth-order valence-electron chi connectivity index (χ4n) is 3.45. The van der Waals surface area contributed by atoms with E-state index in [1.807, 2.05) is 24.3 Å². The van der Waals surface area contributed by atoms with Crippen molar-refractivity contribution in [2.45, 2.75) is 31.9 Å². The maximum atomic E-state index is 13.0. The molecule has 0 aromatic heterocycles. The molecule has 0 unspecified atom stereocenters. The summed E-state index contributed by atoms with van der Waals surface area (Å²) in [5.41, 5.74) is 1.15. The van der Waals surface area contributed by atoms with E-state index in [0.29, 0.717) is 12.3 Å². The van der Waals surface area contributed by atoms with Crippen LogP contribution in [-0.2, 0) is 4.79 Å². The summed E-state index contributed by atoms with van der Waals surface area (Å²) in [7, 11) is 1.65. The second kappa shape index (κ2) is 9.55. The summed E-state index contributed by atoms with van der Waals surface area (Å²) in [4.78, 5) is 14.9. The molecular formula is C22H27FN2O3. The minimum Gasteiger partial charge on any atom is -0.497 e. The van der Waals surface area contributed by atoms with Crippen molar-refractivity contribution in [1.82, 2.24) is 10.2 Å². The molecule has 0 spiro atoms. The van der Waals surface area contributed by atoms with Crippen molar-refractivity contribution >= 4 is 5.91 Å². The summed E-state index contributed by atoms with van der Waals surface area (Å²) in [6.07, 6.45) is 1.68. The first kappa shape index (κ1) is 20.1. The normalized spacial score (nSPS) is 16.4. The maximum absolute atomic E-state index is 13.0. The van der Waals surface area contributed by atoms with E-state index in [1.54, 1.807) is 14.0 Å². The molecule has 0 saturated carbocycles. The largest absolute Gasteiger partial charge is 0.497 e. The van der Waals surface area contributed by atoms with Gasteiger partial charge in [-0.15, -0.1) is 0 Å². The third kappa shape index (κ3) is 5.23. The first-order valence-electron chi connectivity index (χ1n) is 9.65. The lowest BCUT2D eigenvalue weighted by molar-refractivity contribution is -0.127. The molecule has 2 aromatic rings. The highest BCUT2D eigenvalue weighted by Gasteiger charge is 2.25. The third-order valence-corrected chi connectivity index (χ3v) is 5.05. The molecule has 3 rings (SSSR count). The summed E-state index contributed by atoms with van der Waals surface area (Å²) in [5.74, 6) is 0.754. The average molecular weight is 386 g/mol. The zero-order valence-corrected chi connectivity index (χ0v) is 16.4. The highest BCUT2D eigenvalue weighted by atomic mass is 19.1. The van der Waals surface area contributed by atoms with E-state index in [1.165, 1.54) is 37.1 Å². The fraction of sp³-hybridized carbons (Fsp3) is 0.409. The van der Waals surface area contributed by atoms with Crippen molar-refractivity contribution in [2.75, 3.05) is 26.7 Å². The Kier molecular flexibility index (Phi) is 6.87. The fourth-order valence-corrected chi connectivity index (χ4v) is 3.45. The van der Waals surface area contributed by atoms with Crippen LogP contribution in [0.5, 0.6) is 11.5 Å². The highest BCUT2D eigenvalue weighted by Crippen LogP contribution is 2.26. The van der Waals surface area contributed by atoms with Crippen molar-refractivity contribution in [3.8, 4) is 11.5 Å². The summed E-state index contributed by atoms with van der Waals surface area (Å²) in [5, 5.41) is 3.01. The summed E-state index contributed by atoms with van der Waals surface area (Å²) >= 11 is 0. The van der Waals surface area contributed by atoms with Crippen LogP contribution in [0.3, 0.4) is 0 Å². The van der Waals surface area contributed by atoms with Gasteiger partial charge in [0.2, 0.25) is 0 Å². The van der Waals surface area contributed by atoms with E-state index < -0.39 is 6.10 Å². The first-order valence-corrected chi connectivity index (χ1v) is 9.65. The highest BCUT2D eigenvalue weighted by molar-refractivity contribution is 5.80. The van der Waals surface area contributed by atoms with E-state index in [2.05, 4.69) is 10.2 Å². The molecule has 1 aliphatic rings. The lowest BCUT2D eigenvalue weighted by Gasteiger charge is -2.29. The van der Waals surface area contributed by atoms with Crippen LogP contribution in [0.1, 0.15) is 31.4 Å². The number of likely N-dealkylation sites (tertiary alicyclic amines) is 1. The van der Waals surface area contributed by atoms with E-state index in [-0.39, 0.29) is 17.8 Å². The molecular weight excluding hydrogens is 359 g/mol. The zero-order valence-electron chi connectivity index (χ0n) is 16.4. The van der Waals surface area contributed by atoms with Gasteiger partial charge in [0.05, 0.1) is 13.2 Å². The molecule has 1 fully saturated rings. The molecule has 6 heteroatoms. The standard InChI is InChI=1S/C22H27FN2O3/c1-16(28-20-11-7-18(23)8-12-20)22(26)24-15-21(25-13-3-4-14-25)17-5-9-19(27-2)10-6-17/h5-12,16,21H,3-4,13-15H2,1-2H3,(H,24,26)/t16-,21+/m1/s1. The van der Waals surface area contributed by atoms with Gasteiger partial charge in [-0.25, -0.2) is 4.39 Å². The van der Waals surface area contributed by atoms with Gasteiger partial charge in [0.25, 0.3) is 5.91 Å². The second-order valence-electron chi connectivity index (χ2n) is 6.99. The predicted molar refractivity (Wildman–Crippen MR) is 106 cm³/mol. The molecule has 1 aliphatic heterocycles. The second-order valence-corrected chi connectivity index (χ2v) is 6.99. The van der Waals surface area contributed by atoms with Gasteiger partial charge in [-0.2, -0.15) is 0 Å². The molecule has 1 N–H and O–H groups in total. The number of carbonyl (C=O) groups is 1. The van der Waals surface area contributed by atoms with Crippen molar-refractivity contribution in [3.05, 3.63) is 59.9 Å². The molecule has 5 nitrogen and oxygen atoms in total. The van der Waals surface area contributed by atoms with Crippen molar-refractivity contribution in [3.63, 3.8) is 0 Å². The van der Waals surface area contributed by atoms with Crippen LogP contribution in [-0.4, -0.2) is 43.7 Å². The molecule has 1 heterocycles. The zero-order chi connectivity index (χ0) is 19.9. The Hall–Kier alpha value is -2.60. The minimum absolute atomic E-state index is 0.107. The summed E-state index contributed by atoms with van der Waals surface area (Å²) in [6.45, 7) is 4.24. The van der Waals surface area contributed by atoms with Crippen molar-refractivity contribution in [2.24, 2.45) is 0 Å². The smallest absolute Gasteiger partial charge is 0.260 e. The van der Waals surface area contributed by atoms with Crippen LogP contribution < -0.4 is 14.8 Å². The lowest BCUT2D eigenvalue weighted by atomic mass is 10.1. The maximum Gasteiger partial charge on any atom is 0.260 e. The van der Waals surface area contributed by atoms with Crippen LogP contribution >= 0.6 is 0 Å². The molecule has 28 heavy (non-hydrogen) atoms. The van der Waals surface area contributed by atoms with Gasteiger partial charge in [0.15, 0.2) is 6.10 Å². The third-order valence-electron chi connectivity index (χ3n) is 5.05. The van der Waals surface area contributed by atoms with Gasteiger partial charge in [-0.3, -0.25) is 9.69 Å². The number of hydrogen-bond donors (Lipinski definition) is 1. The topological polar surface area (TPSA) is 50.8 Å². The quantitative estimate of drug-likeness (QED) is 0.754. The van der Waals surface area contributed by atoms with Gasteiger partial charge >= 0.3 is 0 Å².